The number of allylic oxidation sites excluding steroid dienone is 1. The molecule has 3 aromatic rings. The monoisotopic (exact) mass is 664 g/mol. The Balaban J connectivity index is 1.56. The highest BCUT2D eigenvalue weighted by molar-refractivity contribution is 5.92. The van der Waals surface area contributed by atoms with E-state index < -0.39 is 66.4 Å². The lowest BCUT2D eigenvalue weighted by Gasteiger charge is -2.46. The Labute approximate surface area is 275 Å². The lowest BCUT2D eigenvalue weighted by atomic mass is 9.74. The van der Waals surface area contributed by atoms with Crippen LogP contribution in [0.1, 0.15) is 64.2 Å². The van der Waals surface area contributed by atoms with E-state index in [1.807, 2.05) is 13.8 Å². The Bertz CT molecular complexity index is 1640. The molecule has 1 aliphatic heterocycles. The molecule has 1 heterocycles. The molecule has 0 radical (unpaired) electrons. The smallest absolute Gasteiger partial charge is 0.398 e. The Morgan fingerprint density at radius 1 is 0.729 bits per heavy atom. The lowest BCUT2D eigenvalue weighted by Crippen LogP contribution is -2.62. The normalized spacial score (nSPS) is 23.8. The predicted octanol–water partition coefficient (Wildman–Crippen LogP) is 6.95. The second-order valence-electron chi connectivity index (χ2n) is 12.7. The van der Waals surface area contributed by atoms with Gasteiger partial charge in [0.05, 0.1) is 22.8 Å². The first kappa shape index (κ1) is 34.6. The molecule has 8 nitrogen and oxygen atoms in total. The van der Waals surface area contributed by atoms with Gasteiger partial charge < -0.3 is 18.9 Å². The predicted molar refractivity (Wildman–Crippen MR) is 167 cm³/mol. The van der Waals surface area contributed by atoms with E-state index in [-0.39, 0.29) is 35.3 Å². The van der Waals surface area contributed by atoms with Gasteiger partial charge in [-0.3, -0.25) is 4.79 Å². The summed E-state index contributed by atoms with van der Waals surface area (Å²) in [6.45, 7) is 3.05. The fourth-order valence-corrected chi connectivity index (χ4v) is 6.22. The third-order valence-corrected chi connectivity index (χ3v) is 8.25. The lowest BCUT2D eigenvalue weighted by molar-refractivity contribution is -0.290. The molecule has 1 fully saturated rings. The summed E-state index contributed by atoms with van der Waals surface area (Å²) in [7, 11) is 0. The SMILES string of the molecule is CC1(C)CC(=O)C=C(CC2OC(COC(=O)c3ccccc3)C(OC(=O)c3ccccc3)C(OC(=O)c3ccccc3)C2C(F)(F)F)C1. The number of ether oxygens (including phenoxy) is 4. The van der Waals surface area contributed by atoms with Crippen LogP contribution in [0.3, 0.4) is 0 Å². The number of esters is 3. The van der Waals surface area contributed by atoms with Gasteiger partial charge in [0.1, 0.15) is 18.6 Å². The van der Waals surface area contributed by atoms with Crippen LogP contribution < -0.4 is 0 Å². The molecular formula is C37H35F3O8. The molecule has 0 saturated carbocycles. The number of halogens is 3. The van der Waals surface area contributed by atoms with Crippen molar-refractivity contribution in [1.82, 2.24) is 0 Å². The Kier molecular flexibility index (Phi) is 10.5. The molecule has 5 atom stereocenters. The van der Waals surface area contributed by atoms with Gasteiger partial charge in [0.25, 0.3) is 0 Å². The number of carbonyl (C=O) groups is 4. The number of rotatable bonds is 9. The number of carbonyl (C=O) groups excluding carboxylic acids is 4. The van der Waals surface area contributed by atoms with Crippen molar-refractivity contribution in [3.63, 3.8) is 0 Å². The van der Waals surface area contributed by atoms with Crippen LogP contribution >= 0.6 is 0 Å². The molecule has 0 amide bonds. The summed E-state index contributed by atoms with van der Waals surface area (Å²) in [5.41, 5.74) is 0.119. The summed E-state index contributed by atoms with van der Waals surface area (Å²) in [4.78, 5) is 52.1. The van der Waals surface area contributed by atoms with Gasteiger partial charge in [-0.15, -0.1) is 0 Å². The molecule has 3 aromatic carbocycles. The summed E-state index contributed by atoms with van der Waals surface area (Å²) in [5.74, 6) is -5.57. The van der Waals surface area contributed by atoms with Crippen molar-refractivity contribution in [2.24, 2.45) is 11.3 Å². The van der Waals surface area contributed by atoms with Crippen LogP contribution in [0.15, 0.2) is 103 Å². The number of alkyl halides is 3. The maximum absolute atomic E-state index is 15.2. The van der Waals surface area contributed by atoms with E-state index in [1.165, 1.54) is 54.6 Å². The first-order valence-electron chi connectivity index (χ1n) is 15.5. The first-order valence-corrected chi connectivity index (χ1v) is 15.5. The van der Waals surface area contributed by atoms with Crippen LogP contribution in [0, 0.1) is 11.3 Å². The number of hydrogen-bond donors (Lipinski definition) is 0. The molecule has 0 N–H and O–H groups in total. The molecule has 2 aliphatic rings. The van der Waals surface area contributed by atoms with Gasteiger partial charge >= 0.3 is 24.1 Å². The Morgan fingerprint density at radius 2 is 1.21 bits per heavy atom. The number of benzene rings is 3. The van der Waals surface area contributed by atoms with E-state index in [2.05, 4.69) is 0 Å². The quantitative estimate of drug-likeness (QED) is 0.179. The zero-order valence-corrected chi connectivity index (χ0v) is 26.4. The van der Waals surface area contributed by atoms with Crippen molar-refractivity contribution in [2.75, 3.05) is 6.61 Å². The van der Waals surface area contributed by atoms with Gasteiger partial charge in [0.2, 0.25) is 0 Å². The molecule has 5 unspecified atom stereocenters. The summed E-state index contributed by atoms with van der Waals surface area (Å²) in [6.07, 6.45) is -10.6. The van der Waals surface area contributed by atoms with Crippen LogP contribution in [0.25, 0.3) is 0 Å². The van der Waals surface area contributed by atoms with E-state index in [4.69, 9.17) is 18.9 Å². The molecule has 0 spiro atoms. The Hall–Kier alpha value is -4.77. The second kappa shape index (κ2) is 14.6. The van der Waals surface area contributed by atoms with Crippen LogP contribution in [0.5, 0.6) is 0 Å². The van der Waals surface area contributed by atoms with E-state index in [9.17, 15) is 19.2 Å². The average Bonchev–Trinajstić information content (AvgIpc) is 3.04. The number of ketones is 1. The van der Waals surface area contributed by atoms with Crippen molar-refractivity contribution >= 4 is 23.7 Å². The van der Waals surface area contributed by atoms with Gasteiger partial charge in [-0.2, -0.15) is 13.2 Å². The van der Waals surface area contributed by atoms with Crippen LogP contribution in [0.2, 0.25) is 0 Å². The van der Waals surface area contributed by atoms with Crippen molar-refractivity contribution in [3.8, 4) is 0 Å². The van der Waals surface area contributed by atoms with Gasteiger partial charge in [0, 0.05) is 6.42 Å². The third-order valence-electron chi connectivity index (χ3n) is 8.25. The molecule has 252 valence electrons. The van der Waals surface area contributed by atoms with Crippen molar-refractivity contribution < 1.29 is 51.3 Å². The van der Waals surface area contributed by atoms with Crippen molar-refractivity contribution in [3.05, 3.63) is 119 Å². The topological polar surface area (TPSA) is 105 Å². The summed E-state index contributed by atoms with van der Waals surface area (Å²) in [6, 6.07) is 22.9. The molecular weight excluding hydrogens is 629 g/mol. The summed E-state index contributed by atoms with van der Waals surface area (Å²) in [5, 5.41) is 0. The fourth-order valence-electron chi connectivity index (χ4n) is 6.22. The zero-order chi connectivity index (χ0) is 34.5. The van der Waals surface area contributed by atoms with E-state index in [1.54, 1.807) is 42.5 Å². The molecule has 0 bridgehead atoms. The molecule has 48 heavy (non-hydrogen) atoms. The molecule has 11 heteroatoms. The average molecular weight is 665 g/mol. The molecule has 0 aromatic heterocycles. The highest BCUT2D eigenvalue weighted by Crippen LogP contribution is 2.45. The molecule has 1 aliphatic carbocycles. The minimum absolute atomic E-state index is 0.0241. The maximum atomic E-state index is 15.2. The minimum atomic E-state index is -5.02. The maximum Gasteiger partial charge on any atom is 0.398 e. The van der Waals surface area contributed by atoms with Crippen LogP contribution in [0.4, 0.5) is 13.2 Å². The van der Waals surface area contributed by atoms with E-state index in [0.717, 1.165) is 0 Å². The van der Waals surface area contributed by atoms with E-state index >= 15 is 13.2 Å². The van der Waals surface area contributed by atoms with Gasteiger partial charge in [-0.05, 0) is 60.7 Å². The van der Waals surface area contributed by atoms with E-state index in [0.29, 0.717) is 12.0 Å². The van der Waals surface area contributed by atoms with Gasteiger partial charge in [-0.25, -0.2) is 14.4 Å². The molecule has 5 rings (SSSR count). The van der Waals surface area contributed by atoms with Gasteiger partial charge in [0.15, 0.2) is 18.0 Å². The standard InChI is InChI=1S/C37H35F3O8/c1-36(2)20-23(18-27(41)21-36)19-28-30(37(38,39)40)32(48-35(44)26-16-10-5-11-17-26)31(47-34(43)25-14-8-4-9-15-25)29(46-28)22-45-33(42)24-12-6-3-7-13-24/h3-18,28-32H,19-22H2,1-2H3. The molecule has 1 saturated heterocycles. The van der Waals surface area contributed by atoms with Crippen LogP contribution in [-0.4, -0.2) is 60.9 Å². The largest absolute Gasteiger partial charge is 0.459 e. The summed E-state index contributed by atoms with van der Waals surface area (Å²) >= 11 is 0. The van der Waals surface area contributed by atoms with Gasteiger partial charge in [-0.1, -0.05) is 74.0 Å². The highest BCUT2D eigenvalue weighted by Gasteiger charge is 2.60. The van der Waals surface area contributed by atoms with Crippen molar-refractivity contribution in [1.29, 1.82) is 0 Å². The summed E-state index contributed by atoms with van der Waals surface area (Å²) < 4.78 is 68.4. The fraction of sp³-hybridized carbons (Fsp3) is 0.351. The first-order chi connectivity index (χ1) is 22.8. The Morgan fingerprint density at radius 3 is 1.69 bits per heavy atom. The number of hydrogen-bond acceptors (Lipinski definition) is 8. The minimum Gasteiger partial charge on any atom is -0.459 e. The second-order valence-corrected chi connectivity index (χ2v) is 12.7. The zero-order valence-electron chi connectivity index (χ0n) is 26.4. The van der Waals surface area contributed by atoms with Crippen molar-refractivity contribution in [2.45, 2.75) is 63.7 Å². The third kappa shape index (κ3) is 8.57. The highest BCUT2D eigenvalue weighted by atomic mass is 19.4. The van der Waals surface area contributed by atoms with Crippen LogP contribution in [-0.2, 0) is 23.7 Å².